The molecule has 0 radical (unpaired) electrons. The number of nitrogens with one attached hydrogen (secondary N) is 1. The fraction of sp³-hybridized carbons (Fsp3) is 0.500. The summed E-state index contributed by atoms with van der Waals surface area (Å²) in [6, 6.07) is 3.03. The van der Waals surface area contributed by atoms with Gasteiger partial charge in [0, 0.05) is 6.07 Å². The topological polar surface area (TPSA) is 102 Å². The van der Waals surface area contributed by atoms with Gasteiger partial charge in [0.1, 0.15) is 19.3 Å². The summed E-state index contributed by atoms with van der Waals surface area (Å²) in [5, 5.41) is 9.21. The number of sulfonamides is 1. The lowest BCUT2D eigenvalue weighted by molar-refractivity contribution is -0.140. The smallest absolute Gasteiger partial charge is 0.322 e. The zero-order valence-electron chi connectivity index (χ0n) is 12.4. The molecule has 0 saturated heterocycles. The number of carboxylic acids is 1. The molecule has 0 unspecified atom stereocenters. The minimum Gasteiger partial charge on any atom is -0.486 e. The predicted molar refractivity (Wildman–Crippen MR) is 78.6 cm³/mol. The largest absolute Gasteiger partial charge is 0.486 e. The van der Waals surface area contributed by atoms with Crippen molar-refractivity contribution in [3.8, 4) is 11.5 Å². The summed E-state index contributed by atoms with van der Waals surface area (Å²) in [6.45, 7) is 4.24. The van der Waals surface area contributed by atoms with Crippen molar-refractivity contribution in [3.05, 3.63) is 18.2 Å². The Kier molecular flexibility index (Phi) is 4.92. The van der Waals surface area contributed by atoms with Crippen molar-refractivity contribution < 1.29 is 27.8 Å². The molecule has 122 valence electrons. The van der Waals surface area contributed by atoms with Crippen LogP contribution in [0.5, 0.6) is 11.5 Å². The molecule has 0 aliphatic carbocycles. The number of fused-ring (bicyclic) bond motifs is 1. The molecule has 2 atom stereocenters. The summed E-state index contributed by atoms with van der Waals surface area (Å²) in [4.78, 5) is 11.2. The highest BCUT2D eigenvalue weighted by Crippen LogP contribution is 2.32. The van der Waals surface area contributed by atoms with Gasteiger partial charge in [-0.1, -0.05) is 20.3 Å². The summed E-state index contributed by atoms with van der Waals surface area (Å²) in [5.74, 6) is -0.716. The average Bonchev–Trinajstić information content (AvgIpc) is 2.51. The second-order valence-electron chi connectivity index (χ2n) is 5.13. The molecule has 0 spiro atoms. The molecule has 22 heavy (non-hydrogen) atoms. The van der Waals surface area contributed by atoms with Crippen molar-refractivity contribution in [2.24, 2.45) is 5.92 Å². The van der Waals surface area contributed by atoms with E-state index in [1.165, 1.54) is 18.2 Å². The van der Waals surface area contributed by atoms with Crippen LogP contribution in [-0.2, 0) is 14.8 Å². The third-order valence-electron chi connectivity index (χ3n) is 3.59. The fourth-order valence-corrected chi connectivity index (χ4v) is 3.38. The molecule has 7 nitrogen and oxygen atoms in total. The van der Waals surface area contributed by atoms with Crippen LogP contribution in [0.3, 0.4) is 0 Å². The summed E-state index contributed by atoms with van der Waals surface area (Å²) in [5.41, 5.74) is 0. The Balaban J connectivity index is 2.28. The van der Waals surface area contributed by atoms with Gasteiger partial charge in [0.05, 0.1) is 4.90 Å². The molecular weight excluding hydrogens is 310 g/mol. The Labute approximate surface area is 129 Å². The molecule has 0 saturated carbocycles. The third kappa shape index (κ3) is 3.50. The first-order valence-electron chi connectivity index (χ1n) is 7.00. The Bertz CT molecular complexity index is 657. The second-order valence-corrected chi connectivity index (χ2v) is 6.84. The van der Waals surface area contributed by atoms with Crippen LogP contribution in [0.1, 0.15) is 20.3 Å². The molecule has 8 heteroatoms. The summed E-state index contributed by atoms with van der Waals surface area (Å²) >= 11 is 0. The number of aliphatic carboxylic acids is 1. The van der Waals surface area contributed by atoms with Gasteiger partial charge in [0.25, 0.3) is 0 Å². The highest BCUT2D eigenvalue weighted by atomic mass is 32.2. The third-order valence-corrected chi connectivity index (χ3v) is 5.02. The van der Waals surface area contributed by atoms with E-state index in [1.807, 2.05) is 0 Å². The summed E-state index contributed by atoms with van der Waals surface area (Å²) in [6.07, 6.45) is 0.542. The number of ether oxygens (including phenoxy) is 2. The average molecular weight is 329 g/mol. The first-order valence-corrected chi connectivity index (χ1v) is 8.48. The second kappa shape index (κ2) is 6.53. The number of carboxylic acid groups (broad SMARTS) is 1. The van der Waals surface area contributed by atoms with Gasteiger partial charge in [-0.25, -0.2) is 8.42 Å². The lowest BCUT2D eigenvalue weighted by Crippen LogP contribution is -2.44. The van der Waals surface area contributed by atoms with Crippen molar-refractivity contribution in [3.63, 3.8) is 0 Å². The SMILES string of the molecule is CC[C@H](C)[C@H](NS(=O)(=O)c1ccc2c(c1)OCCO2)C(=O)O. The molecule has 0 amide bonds. The van der Waals surface area contributed by atoms with Crippen LogP contribution in [0.2, 0.25) is 0 Å². The van der Waals surface area contributed by atoms with Gasteiger partial charge in [-0.2, -0.15) is 4.72 Å². The maximum Gasteiger partial charge on any atom is 0.322 e. The molecular formula is C14H19NO6S. The van der Waals surface area contributed by atoms with Crippen LogP contribution in [0.4, 0.5) is 0 Å². The first kappa shape index (κ1) is 16.6. The predicted octanol–water partition coefficient (Wildman–Crippen LogP) is 1.24. The maximum absolute atomic E-state index is 12.4. The molecule has 1 aliphatic rings. The minimum atomic E-state index is -3.96. The Morgan fingerprint density at radius 2 is 1.95 bits per heavy atom. The van der Waals surface area contributed by atoms with Crippen molar-refractivity contribution >= 4 is 16.0 Å². The van der Waals surface area contributed by atoms with Crippen molar-refractivity contribution in [1.29, 1.82) is 0 Å². The first-order chi connectivity index (χ1) is 10.3. The highest BCUT2D eigenvalue weighted by Gasteiger charge is 2.30. The Hall–Kier alpha value is -1.80. The molecule has 1 aliphatic heterocycles. The fourth-order valence-electron chi connectivity index (χ4n) is 2.07. The van der Waals surface area contributed by atoms with E-state index < -0.39 is 22.0 Å². The quantitative estimate of drug-likeness (QED) is 0.814. The van der Waals surface area contributed by atoms with E-state index >= 15 is 0 Å². The van der Waals surface area contributed by atoms with Gasteiger partial charge in [-0.3, -0.25) is 4.79 Å². The van der Waals surface area contributed by atoms with Crippen molar-refractivity contribution in [2.75, 3.05) is 13.2 Å². The molecule has 0 aromatic heterocycles. The van der Waals surface area contributed by atoms with Gasteiger partial charge >= 0.3 is 5.97 Å². The van der Waals surface area contributed by atoms with Gasteiger partial charge < -0.3 is 14.6 Å². The van der Waals surface area contributed by atoms with E-state index in [4.69, 9.17) is 9.47 Å². The Morgan fingerprint density at radius 1 is 1.32 bits per heavy atom. The molecule has 1 aromatic rings. The summed E-state index contributed by atoms with van der Waals surface area (Å²) in [7, 11) is -3.96. The van der Waals surface area contributed by atoms with Gasteiger partial charge in [-0.05, 0) is 18.1 Å². The van der Waals surface area contributed by atoms with Crippen molar-refractivity contribution in [2.45, 2.75) is 31.2 Å². The van der Waals surface area contributed by atoms with Crippen LogP contribution < -0.4 is 14.2 Å². The maximum atomic E-state index is 12.4. The minimum absolute atomic E-state index is 0.0497. The van der Waals surface area contributed by atoms with Crippen LogP contribution in [0.15, 0.2) is 23.1 Å². The Morgan fingerprint density at radius 3 is 2.55 bits per heavy atom. The molecule has 0 bridgehead atoms. The number of hydrogen-bond donors (Lipinski definition) is 2. The van der Waals surface area contributed by atoms with Crippen LogP contribution in [0.25, 0.3) is 0 Å². The molecule has 2 N–H and O–H groups in total. The van der Waals surface area contributed by atoms with Crippen LogP contribution in [0, 0.1) is 5.92 Å². The van der Waals surface area contributed by atoms with Crippen LogP contribution in [-0.4, -0.2) is 38.7 Å². The van der Waals surface area contributed by atoms with Gasteiger partial charge in [0.2, 0.25) is 10.0 Å². The normalized spacial score (nSPS) is 16.8. The van der Waals surface area contributed by atoms with Crippen molar-refractivity contribution in [1.82, 2.24) is 4.72 Å². The highest BCUT2D eigenvalue weighted by molar-refractivity contribution is 7.89. The van der Waals surface area contributed by atoms with E-state index in [2.05, 4.69) is 4.72 Å². The standard InChI is InChI=1S/C14H19NO6S/c1-3-9(2)13(14(16)17)15-22(18,19)10-4-5-11-12(8-10)21-7-6-20-11/h4-5,8-9,13,15H,3,6-7H2,1-2H3,(H,16,17)/t9-,13-/m0/s1. The van der Waals surface area contributed by atoms with E-state index in [9.17, 15) is 18.3 Å². The number of benzene rings is 1. The summed E-state index contributed by atoms with van der Waals surface area (Å²) < 4.78 is 37.7. The van der Waals surface area contributed by atoms with Gasteiger partial charge in [-0.15, -0.1) is 0 Å². The lowest BCUT2D eigenvalue weighted by Gasteiger charge is -2.21. The zero-order chi connectivity index (χ0) is 16.3. The molecule has 2 rings (SSSR count). The number of hydrogen-bond acceptors (Lipinski definition) is 5. The van der Waals surface area contributed by atoms with E-state index in [1.54, 1.807) is 13.8 Å². The lowest BCUT2D eigenvalue weighted by atomic mass is 10.0. The van der Waals surface area contributed by atoms with E-state index in [0.29, 0.717) is 31.1 Å². The monoisotopic (exact) mass is 329 g/mol. The molecule has 1 heterocycles. The van der Waals surface area contributed by atoms with Gasteiger partial charge in [0.15, 0.2) is 11.5 Å². The molecule has 1 aromatic carbocycles. The van der Waals surface area contributed by atoms with E-state index in [0.717, 1.165) is 0 Å². The van der Waals surface area contributed by atoms with E-state index in [-0.39, 0.29) is 10.8 Å². The number of rotatable bonds is 6. The van der Waals surface area contributed by atoms with Crippen LogP contribution >= 0.6 is 0 Å². The zero-order valence-corrected chi connectivity index (χ0v) is 13.2. The number of carbonyl (C=O) groups is 1. The molecule has 0 fully saturated rings.